The van der Waals surface area contributed by atoms with E-state index in [1.54, 1.807) is 0 Å². The summed E-state index contributed by atoms with van der Waals surface area (Å²) in [6.07, 6.45) is 2.98. The molecule has 0 spiro atoms. The first-order chi connectivity index (χ1) is 13.8. The number of halogens is 2. The van der Waals surface area contributed by atoms with E-state index in [2.05, 4.69) is 20.6 Å². The van der Waals surface area contributed by atoms with Gasteiger partial charge in [-0.05, 0) is 24.5 Å². The Morgan fingerprint density at radius 3 is 2.66 bits per heavy atom. The van der Waals surface area contributed by atoms with E-state index in [1.165, 1.54) is 23.0 Å². The molecule has 10 heteroatoms. The van der Waals surface area contributed by atoms with Gasteiger partial charge in [0.25, 0.3) is 11.8 Å². The van der Waals surface area contributed by atoms with Crippen LogP contribution >= 0.6 is 11.3 Å². The number of aromatic nitrogens is 2. The van der Waals surface area contributed by atoms with Crippen LogP contribution in [0.5, 0.6) is 0 Å². The van der Waals surface area contributed by atoms with Gasteiger partial charge >= 0.3 is 0 Å². The summed E-state index contributed by atoms with van der Waals surface area (Å²) in [7, 11) is 0. The fourth-order valence-electron chi connectivity index (χ4n) is 2.58. The van der Waals surface area contributed by atoms with E-state index in [0.717, 1.165) is 18.5 Å². The molecule has 0 aliphatic rings. The molecular formula is C19H18F2N4O3S. The van der Waals surface area contributed by atoms with Gasteiger partial charge in [-0.3, -0.25) is 9.59 Å². The minimum absolute atomic E-state index is 0.0677. The fraction of sp³-hybridized carbons (Fsp3) is 0.263. The highest BCUT2D eigenvalue weighted by Gasteiger charge is 2.23. The highest BCUT2D eigenvalue weighted by Crippen LogP contribution is 2.26. The first-order valence-electron chi connectivity index (χ1n) is 8.74. The number of benzene rings is 1. The molecule has 2 amide bonds. The van der Waals surface area contributed by atoms with Gasteiger partial charge in [0.05, 0.1) is 11.7 Å². The second-order valence-electron chi connectivity index (χ2n) is 6.68. The summed E-state index contributed by atoms with van der Waals surface area (Å²) in [6.45, 7) is 3.99. The van der Waals surface area contributed by atoms with E-state index in [-0.39, 0.29) is 23.0 Å². The van der Waals surface area contributed by atoms with Gasteiger partial charge < -0.3 is 15.1 Å². The van der Waals surface area contributed by atoms with Crippen LogP contribution in [0.25, 0.3) is 0 Å². The number of nitrogens with one attached hydrogen (secondary N) is 2. The standard InChI is InChI=1S/C19H18F2N4O3S/c1-10(2)5-14(24-17(26)15-7-28-9-22-15)19-25-16(8-29-19)18(27)23-13-4-3-11(20)6-12(13)21/h3-4,6-10,14H,5H2,1-2H3,(H,23,27)(H,24,26)/t14-/m0/s1. The lowest BCUT2D eigenvalue weighted by molar-refractivity contribution is 0.0926. The number of carbonyl (C=O) groups excluding carboxylic acids is 2. The third-order valence-corrected chi connectivity index (χ3v) is 4.87. The largest absolute Gasteiger partial charge is 0.451 e. The molecule has 0 radical (unpaired) electrons. The molecule has 29 heavy (non-hydrogen) atoms. The summed E-state index contributed by atoms with van der Waals surface area (Å²) in [5, 5.41) is 7.24. The Kier molecular flexibility index (Phi) is 6.32. The van der Waals surface area contributed by atoms with Crippen molar-refractivity contribution in [3.63, 3.8) is 0 Å². The second kappa shape index (κ2) is 8.91. The molecule has 3 aromatic rings. The van der Waals surface area contributed by atoms with Gasteiger partial charge in [-0.25, -0.2) is 18.7 Å². The number of rotatable bonds is 7. The highest BCUT2D eigenvalue weighted by molar-refractivity contribution is 7.10. The number of carbonyl (C=O) groups is 2. The molecule has 0 saturated carbocycles. The number of hydrogen-bond donors (Lipinski definition) is 2. The van der Waals surface area contributed by atoms with Crippen LogP contribution in [0, 0.1) is 17.6 Å². The van der Waals surface area contributed by atoms with Gasteiger partial charge in [-0.2, -0.15) is 0 Å². The molecule has 0 unspecified atom stereocenters. The van der Waals surface area contributed by atoms with Gasteiger partial charge in [0.2, 0.25) is 0 Å². The van der Waals surface area contributed by atoms with Crippen molar-refractivity contribution in [2.75, 3.05) is 5.32 Å². The summed E-state index contributed by atoms with van der Waals surface area (Å²) in [5.74, 6) is -2.43. The third-order valence-electron chi connectivity index (χ3n) is 3.91. The van der Waals surface area contributed by atoms with Crippen molar-refractivity contribution in [2.45, 2.75) is 26.3 Å². The van der Waals surface area contributed by atoms with Crippen molar-refractivity contribution in [2.24, 2.45) is 5.92 Å². The average Bonchev–Trinajstić information content (AvgIpc) is 3.35. The Hall–Kier alpha value is -3.14. The average molecular weight is 420 g/mol. The van der Waals surface area contributed by atoms with Crippen LogP contribution in [0.4, 0.5) is 14.5 Å². The number of hydrogen-bond acceptors (Lipinski definition) is 6. The first kappa shape index (κ1) is 20.6. The molecule has 1 aromatic carbocycles. The monoisotopic (exact) mass is 420 g/mol. The van der Waals surface area contributed by atoms with Gasteiger partial charge in [0.15, 0.2) is 12.1 Å². The maximum atomic E-state index is 13.7. The number of thiazole rings is 1. The van der Waals surface area contributed by atoms with Crippen LogP contribution in [0.1, 0.15) is 52.3 Å². The van der Waals surface area contributed by atoms with E-state index in [1.807, 2.05) is 13.8 Å². The van der Waals surface area contributed by atoms with Crippen molar-refractivity contribution < 1.29 is 22.8 Å². The lowest BCUT2D eigenvalue weighted by Crippen LogP contribution is -2.29. The molecule has 7 nitrogen and oxygen atoms in total. The lowest BCUT2D eigenvalue weighted by Gasteiger charge is -2.17. The molecule has 3 rings (SSSR count). The van der Waals surface area contributed by atoms with Gasteiger partial charge in [-0.15, -0.1) is 11.3 Å². The second-order valence-corrected chi connectivity index (χ2v) is 7.57. The molecule has 0 saturated heterocycles. The predicted molar refractivity (Wildman–Crippen MR) is 103 cm³/mol. The van der Waals surface area contributed by atoms with Crippen molar-refractivity contribution in [1.29, 1.82) is 0 Å². The van der Waals surface area contributed by atoms with Crippen LogP contribution in [0.15, 0.2) is 40.7 Å². The van der Waals surface area contributed by atoms with Crippen molar-refractivity contribution in [1.82, 2.24) is 15.3 Å². The third kappa shape index (κ3) is 5.23. The maximum Gasteiger partial charge on any atom is 0.275 e. The van der Waals surface area contributed by atoms with E-state index in [4.69, 9.17) is 4.42 Å². The molecule has 0 aliphatic carbocycles. The quantitative estimate of drug-likeness (QED) is 0.598. The molecule has 1 atom stereocenters. The van der Waals surface area contributed by atoms with Gasteiger partial charge in [0, 0.05) is 11.4 Å². The molecule has 0 fully saturated rings. The van der Waals surface area contributed by atoms with Crippen molar-refractivity contribution in [3.05, 3.63) is 64.3 Å². The summed E-state index contributed by atoms with van der Waals surface area (Å²) in [5.41, 5.74) is 0.0576. The number of oxazole rings is 1. The van der Waals surface area contributed by atoms with Crippen molar-refractivity contribution >= 4 is 28.8 Å². The number of amides is 2. The summed E-state index contributed by atoms with van der Waals surface area (Å²) in [6, 6.07) is 2.42. The Bertz CT molecular complexity index is 1000. The van der Waals surface area contributed by atoms with Crippen LogP contribution in [-0.2, 0) is 0 Å². The van der Waals surface area contributed by atoms with Crippen molar-refractivity contribution in [3.8, 4) is 0 Å². The van der Waals surface area contributed by atoms with E-state index in [9.17, 15) is 18.4 Å². The maximum absolute atomic E-state index is 13.7. The zero-order chi connectivity index (χ0) is 21.0. The van der Waals surface area contributed by atoms with E-state index >= 15 is 0 Å². The summed E-state index contributed by atoms with van der Waals surface area (Å²) >= 11 is 1.20. The number of anilines is 1. The van der Waals surface area contributed by atoms with E-state index in [0.29, 0.717) is 17.5 Å². The van der Waals surface area contributed by atoms with Crippen LogP contribution in [0.3, 0.4) is 0 Å². The molecule has 152 valence electrons. The smallest absolute Gasteiger partial charge is 0.275 e. The Morgan fingerprint density at radius 2 is 2.00 bits per heavy atom. The molecule has 2 N–H and O–H groups in total. The molecule has 2 heterocycles. The van der Waals surface area contributed by atoms with Gasteiger partial charge in [-0.1, -0.05) is 13.8 Å². The first-order valence-corrected chi connectivity index (χ1v) is 9.62. The molecular weight excluding hydrogens is 402 g/mol. The summed E-state index contributed by atoms with van der Waals surface area (Å²) in [4.78, 5) is 32.8. The lowest BCUT2D eigenvalue weighted by atomic mass is 10.0. The normalized spacial score (nSPS) is 12.0. The van der Waals surface area contributed by atoms with Crippen LogP contribution < -0.4 is 10.6 Å². The predicted octanol–water partition coefficient (Wildman–Crippen LogP) is 4.18. The van der Waals surface area contributed by atoms with Gasteiger partial charge in [0.1, 0.15) is 28.6 Å². The SMILES string of the molecule is CC(C)C[C@H](NC(=O)c1cocn1)c1nc(C(=O)Nc2ccc(F)cc2F)cs1. The molecule has 0 bridgehead atoms. The Labute approximate surface area is 169 Å². The van der Waals surface area contributed by atoms with Crippen LogP contribution in [0.2, 0.25) is 0 Å². The number of nitrogens with zero attached hydrogens (tertiary/aromatic N) is 2. The minimum atomic E-state index is -0.883. The summed E-state index contributed by atoms with van der Waals surface area (Å²) < 4.78 is 31.6. The Morgan fingerprint density at radius 1 is 1.21 bits per heavy atom. The topological polar surface area (TPSA) is 97.1 Å². The fourth-order valence-corrected chi connectivity index (χ4v) is 3.44. The molecule has 2 aromatic heterocycles. The highest BCUT2D eigenvalue weighted by atomic mass is 32.1. The van der Waals surface area contributed by atoms with E-state index < -0.39 is 29.5 Å². The zero-order valence-corrected chi connectivity index (χ0v) is 16.4. The Balaban J connectivity index is 1.75. The van der Waals surface area contributed by atoms with Crippen LogP contribution in [-0.4, -0.2) is 21.8 Å². The molecule has 0 aliphatic heterocycles. The zero-order valence-electron chi connectivity index (χ0n) is 15.6. The minimum Gasteiger partial charge on any atom is -0.451 e.